The molecule has 1 aromatic heterocycles. The third-order valence-corrected chi connectivity index (χ3v) is 2.56. The van der Waals surface area contributed by atoms with E-state index in [0.29, 0.717) is 12.6 Å². The lowest BCUT2D eigenvalue weighted by Crippen LogP contribution is -2.19. The molecule has 0 aromatic carbocycles. The van der Waals surface area contributed by atoms with Gasteiger partial charge in [-0.25, -0.2) is 0 Å². The van der Waals surface area contributed by atoms with Gasteiger partial charge in [-0.3, -0.25) is 0 Å². The van der Waals surface area contributed by atoms with Crippen LogP contribution < -0.4 is 10.5 Å². The lowest BCUT2D eigenvalue weighted by atomic mass is 9.98. The van der Waals surface area contributed by atoms with Crippen LogP contribution in [0.1, 0.15) is 37.8 Å². The second-order valence-electron chi connectivity index (χ2n) is 3.69. The molecule has 1 heterocycles. The first-order chi connectivity index (χ1) is 6.88. The Morgan fingerprint density at radius 2 is 2.21 bits per heavy atom. The molecule has 1 aliphatic carbocycles. The summed E-state index contributed by atoms with van der Waals surface area (Å²) in [4.78, 5) is 4.11. The maximum atomic E-state index is 5.60. The van der Waals surface area contributed by atoms with Crippen LogP contribution in [-0.4, -0.2) is 11.1 Å². The van der Waals surface area contributed by atoms with Crippen molar-refractivity contribution in [2.24, 2.45) is 5.73 Å². The SMILES string of the molecule is NCc1coc(OC2CCCCC2)n1. The molecule has 1 saturated carbocycles. The highest BCUT2D eigenvalue weighted by Gasteiger charge is 2.17. The summed E-state index contributed by atoms with van der Waals surface area (Å²) in [5, 5.41) is 0. The van der Waals surface area contributed by atoms with Crippen molar-refractivity contribution < 1.29 is 9.15 Å². The smallest absolute Gasteiger partial charge is 0.394 e. The summed E-state index contributed by atoms with van der Waals surface area (Å²) in [6.07, 6.45) is 8.24. The summed E-state index contributed by atoms with van der Waals surface area (Å²) in [6.45, 7) is 0.400. The Morgan fingerprint density at radius 1 is 1.43 bits per heavy atom. The molecular formula is C10H16N2O2. The fourth-order valence-electron chi connectivity index (χ4n) is 1.76. The minimum Gasteiger partial charge on any atom is -0.447 e. The van der Waals surface area contributed by atoms with Gasteiger partial charge in [0.2, 0.25) is 0 Å². The van der Waals surface area contributed by atoms with E-state index in [2.05, 4.69) is 4.98 Å². The summed E-state index contributed by atoms with van der Waals surface area (Å²) in [6, 6.07) is 0. The number of aromatic nitrogens is 1. The molecule has 1 aliphatic rings. The number of nitrogens with two attached hydrogens (primary N) is 1. The van der Waals surface area contributed by atoms with Crippen LogP contribution >= 0.6 is 0 Å². The van der Waals surface area contributed by atoms with Crippen LogP contribution in [0.25, 0.3) is 0 Å². The summed E-state index contributed by atoms with van der Waals surface area (Å²) in [5.74, 6) is 0. The van der Waals surface area contributed by atoms with Crippen molar-refractivity contribution in [2.75, 3.05) is 0 Å². The zero-order chi connectivity index (χ0) is 9.80. The molecule has 0 spiro atoms. The topological polar surface area (TPSA) is 61.3 Å². The molecule has 4 nitrogen and oxygen atoms in total. The fraction of sp³-hybridized carbons (Fsp3) is 0.700. The molecule has 0 amide bonds. The van der Waals surface area contributed by atoms with Crippen molar-refractivity contribution >= 4 is 0 Å². The van der Waals surface area contributed by atoms with Gasteiger partial charge >= 0.3 is 6.08 Å². The van der Waals surface area contributed by atoms with Gasteiger partial charge in [0.05, 0.1) is 5.69 Å². The number of hydrogen-bond acceptors (Lipinski definition) is 4. The van der Waals surface area contributed by atoms with Crippen molar-refractivity contribution in [3.05, 3.63) is 12.0 Å². The molecule has 2 rings (SSSR count). The summed E-state index contributed by atoms with van der Waals surface area (Å²) >= 11 is 0. The first kappa shape index (κ1) is 9.52. The lowest BCUT2D eigenvalue weighted by molar-refractivity contribution is 0.113. The Morgan fingerprint density at radius 3 is 2.86 bits per heavy atom. The van der Waals surface area contributed by atoms with Crippen molar-refractivity contribution in [2.45, 2.75) is 44.8 Å². The number of nitrogens with zero attached hydrogens (tertiary/aromatic N) is 1. The molecule has 78 valence electrons. The quantitative estimate of drug-likeness (QED) is 0.801. The summed E-state index contributed by atoms with van der Waals surface area (Å²) < 4.78 is 10.7. The Bertz CT molecular complexity index is 279. The van der Waals surface area contributed by atoms with E-state index in [1.54, 1.807) is 6.26 Å². The van der Waals surface area contributed by atoms with Crippen LogP contribution in [0.4, 0.5) is 0 Å². The van der Waals surface area contributed by atoms with Crippen LogP contribution in [0, 0.1) is 0 Å². The van der Waals surface area contributed by atoms with Crippen LogP contribution in [0.3, 0.4) is 0 Å². The number of ether oxygens (including phenoxy) is 1. The second kappa shape index (κ2) is 4.46. The summed E-state index contributed by atoms with van der Waals surface area (Å²) in [5.41, 5.74) is 6.16. The van der Waals surface area contributed by atoms with E-state index in [1.807, 2.05) is 0 Å². The molecule has 14 heavy (non-hydrogen) atoms. The summed E-state index contributed by atoms with van der Waals surface area (Å²) in [7, 11) is 0. The van der Waals surface area contributed by atoms with Gasteiger partial charge in [-0.1, -0.05) is 6.42 Å². The predicted molar refractivity (Wildman–Crippen MR) is 51.9 cm³/mol. The Balaban J connectivity index is 1.89. The van der Waals surface area contributed by atoms with Crippen LogP contribution in [0.2, 0.25) is 0 Å². The number of oxazole rings is 1. The standard InChI is InChI=1S/C10H16N2O2/c11-6-8-7-13-10(12-8)14-9-4-2-1-3-5-9/h7,9H,1-6,11H2. The third kappa shape index (κ3) is 2.26. The van der Waals surface area contributed by atoms with E-state index >= 15 is 0 Å². The highest BCUT2D eigenvalue weighted by atomic mass is 16.6. The maximum absolute atomic E-state index is 5.60. The van der Waals surface area contributed by atoms with Gasteiger partial charge in [-0.05, 0) is 25.7 Å². The molecule has 0 saturated heterocycles. The van der Waals surface area contributed by atoms with Gasteiger partial charge in [-0.15, -0.1) is 0 Å². The normalized spacial score (nSPS) is 18.4. The molecular weight excluding hydrogens is 180 g/mol. The Hall–Kier alpha value is -1.03. The van der Waals surface area contributed by atoms with Crippen LogP contribution in [-0.2, 0) is 6.54 Å². The number of hydrogen-bond donors (Lipinski definition) is 1. The minimum absolute atomic E-state index is 0.285. The first-order valence-corrected chi connectivity index (χ1v) is 5.19. The average molecular weight is 196 g/mol. The van der Waals surface area contributed by atoms with E-state index in [0.717, 1.165) is 18.5 Å². The zero-order valence-corrected chi connectivity index (χ0v) is 8.24. The van der Waals surface area contributed by atoms with Crippen molar-refractivity contribution in [1.29, 1.82) is 0 Å². The first-order valence-electron chi connectivity index (χ1n) is 5.19. The van der Waals surface area contributed by atoms with Crippen molar-refractivity contribution in [3.63, 3.8) is 0 Å². The van der Waals surface area contributed by atoms with E-state index in [9.17, 15) is 0 Å². The second-order valence-corrected chi connectivity index (χ2v) is 3.69. The van der Waals surface area contributed by atoms with Gasteiger partial charge in [0, 0.05) is 6.54 Å². The molecule has 2 N–H and O–H groups in total. The monoisotopic (exact) mass is 196 g/mol. The van der Waals surface area contributed by atoms with Gasteiger partial charge < -0.3 is 14.9 Å². The molecule has 1 aromatic rings. The average Bonchev–Trinajstić information content (AvgIpc) is 2.67. The molecule has 0 atom stereocenters. The highest BCUT2D eigenvalue weighted by molar-refractivity contribution is 4.99. The Labute approximate surface area is 83.4 Å². The van der Waals surface area contributed by atoms with Crippen molar-refractivity contribution in [3.8, 4) is 6.08 Å². The Kier molecular flexibility index (Phi) is 3.03. The lowest BCUT2D eigenvalue weighted by Gasteiger charge is -2.20. The molecule has 0 aliphatic heterocycles. The van der Waals surface area contributed by atoms with Gasteiger partial charge in [-0.2, -0.15) is 4.98 Å². The van der Waals surface area contributed by atoms with E-state index in [-0.39, 0.29) is 6.10 Å². The van der Waals surface area contributed by atoms with Gasteiger partial charge in [0.15, 0.2) is 0 Å². The molecule has 1 fully saturated rings. The van der Waals surface area contributed by atoms with E-state index in [4.69, 9.17) is 14.9 Å². The van der Waals surface area contributed by atoms with Crippen LogP contribution in [0.15, 0.2) is 10.7 Å². The van der Waals surface area contributed by atoms with Crippen molar-refractivity contribution in [1.82, 2.24) is 4.98 Å². The van der Waals surface area contributed by atoms with Crippen LogP contribution in [0.5, 0.6) is 6.08 Å². The van der Waals surface area contributed by atoms with Gasteiger partial charge in [0.1, 0.15) is 12.4 Å². The van der Waals surface area contributed by atoms with E-state index < -0.39 is 0 Å². The molecule has 0 bridgehead atoms. The minimum atomic E-state index is 0.285. The van der Waals surface area contributed by atoms with Gasteiger partial charge in [0.25, 0.3) is 0 Å². The van der Waals surface area contributed by atoms with E-state index in [1.165, 1.54) is 19.3 Å². The highest BCUT2D eigenvalue weighted by Crippen LogP contribution is 2.22. The number of rotatable bonds is 3. The molecule has 0 unspecified atom stereocenters. The third-order valence-electron chi connectivity index (χ3n) is 2.56. The maximum Gasteiger partial charge on any atom is 0.394 e. The largest absolute Gasteiger partial charge is 0.447 e. The predicted octanol–water partition coefficient (Wildman–Crippen LogP) is 1.84. The molecule has 0 radical (unpaired) electrons. The molecule has 4 heteroatoms. The fourth-order valence-corrected chi connectivity index (χ4v) is 1.76. The zero-order valence-electron chi connectivity index (χ0n) is 8.24.